The number of carbonyl (C=O) groups is 2. The minimum absolute atomic E-state index is 0.0803. The third-order valence-electron chi connectivity index (χ3n) is 3.67. The fraction of sp³-hybridized carbons (Fsp3) is 0.450. The largest absolute Gasteiger partial charge is 0.446 e. The molecule has 2 rings (SSSR count). The van der Waals surface area contributed by atoms with Crippen molar-refractivity contribution >= 4 is 11.8 Å². The molecule has 0 saturated carbocycles. The van der Waals surface area contributed by atoms with Crippen LogP contribution >= 0.6 is 0 Å². The molecule has 2 aromatic rings. The van der Waals surface area contributed by atoms with Crippen molar-refractivity contribution in [3.8, 4) is 0 Å². The molecule has 0 unspecified atom stereocenters. The van der Waals surface area contributed by atoms with E-state index in [1.165, 1.54) is 6.26 Å². The first kappa shape index (κ1) is 19.7. The number of nitrogens with one attached hydrogen (secondary N) is 1. The van der Waals surface area contributed by atoms with Crippen LogP contribution in [-0.4, -0.2) is 34.8 Å². The van der Waals surface area contributed by atoms with E-state index in [0.29, 0.717) is 36.4 Å². The van der Waals surface area contributed by atoms with Crippen molar-refractivity contribution in [3.05, 3.63) is 53.7 Å². The van der Waals surface area contributed by atoms with Crippen molar-refractivity contribution in [1.29, 1.82) is 0 Å². The summed E-state index contributed by atoms with van der Waals surface area (Å²) in [4.78, 5) is 30.8. The van der Waals surface area contributed by atoms with Gasteiger partial charge in [-0.1, -0.05) is 45.9 Å². The average Bonchev–Trinajstić information content (AvgIpc) is 3.07. The minimum atomic E-state index is -0.265. The molecule has 0 aliphatic carbocycles. The van der Waals surface area contributed by atoms with Crippen LogP contribution in [0.15, 0.2) is 41.0 Å². The Morgan fingerprint density at radius 2 is 1.81 bits per heavy atom. The fourth-order valence-electron chi connectivity index (χ4n) is 2.46. The molecule has 0 aliphatic rings. The lowest BCUT2D eigenvalue weighted by Crippen LogP contribution is -2.34. The second-order valence-corrected chi connectivity index (χ2v) is 7.18. The number of benzene rings is 1. The number of hydrogen-bond acceptors (Lipinski definition) is 4. The first-order valence-corrected chi connectivity index (χ1v) is 8.93. The van der Waals surface area contributed by atoms with Crippen LogP contribution in [0.25, 0.3) is 0 Å². The van der Waals surface area contributed by atoms with E-state index in [0.717, 1.165) is 0 Å². The van der Waals surface area contributed by atoms with E-state index in [4.69, 9.17) is 4.42 Å². The number of nitrogens with zero attached hydrogens (tertiary/aromatic N) is 2. The Bertz CT molecular complexity index is 723. The highest BCUT2D eigenvalue weighted by molar-refractivity contribution is 5.94. The van der Waals surface area contributed by atoms with Gasteiger partial charge in [0.05, 0.1) is 6.54 Å². The standard InChI is InChI=1S/C20H27N3O3/c1-14(2)10-21-19(24)17-13-26-18(22-17)12-23(11-15(3)4)20(25)16-8-6-5-7-9-16/h5-9,13-15H,10-12H2,1-4H3,(H,21,24). The maximum Gasteiger partial charge on any atom is 0.273 e. The van der Waals surface area contributed by atoms with Gasteiger partial charge in [-0.3, -0.25) is 9.59 Å². The second-order valence-electron chi connectivity index (χ2n) is 7.18. The van der Waals surface area contributed by atoms with E-state index >= 15 is 0 Å². The molecule has 0 spiro atoms. The summed E-state index contributed by atoms with van der Waals surface area (Å²) in [6.45, 7) is 9.51. The third kappa shape index (κ3) is 5.72. The second kappa shape index (κ2) is 9.17. The number of hydrogen-bond donors (Lipinski definition) is 1. The molecule has 0 fully saturated rings. The van der Waals surface area contributed by atoms with E-state index in [1.807, 2.05) is 45.9 Å². The molecule has 6 nitrogen and oxygen atoms in total. The van der Waals surface area contributed by atoms with Crippen molar-refractivity contribution in [2.24, 2.45) is 11.8 Å². The van der Waals surface area contributed by atoms with Crippen LogP contribution in [-0.2, 0) is 6.54 Å². The fourth-order valence-corrected chi connectivity index (χ4v) is 2.46. The molecule has 1 aromatic carbocycles. The van der Waals surface area contributed by atoms with Gasteiger partial charge < -0.3 is 14.6 Å². The van der Waals surface area contributed by atoms with Crippen molar-refractivity contribution in [1.82, 2.24) is 15.2 Å². The zero-order valence-electron chi connectivity index (χ0n) is 15.9. The van der Waals surface area contributed by atoms with Gasteiger partial charge in [0.1, 0.15) is 6.26 Å². The summed E-state index contributed by atoms with van der Waals surface area (Å²) in [5, 5.41) is 2.80. The molecule has 0 radical (unpaired) electrons. The van der Waals surface area contributed by atoms with E-state index in [9.17, 15) is 9.59 Å². The maximum atomic E-state index is 12.8. The highest BCUT2D eigenvalue weighted by Crippen LogP contribution is 2.13. The number of rotatable bonds is 8. The monoisotopic (exact) mass is 357 g/mol. The number of carbonyl (C=O) groups excluding carboxylic acids is 2. The molecule has 6 heteroatoms. The number of aromatic nitrogens is 1. The van der Waals surface area contributed by atoms with Crippen LogP contribution in [0.1, 0.15) is 54.4 Å². The van der Waals surface area contributed by atoms with E-state index in [-0.39, 0.29) is 24.1 Å². The summed E-state index contributed by atoms with van der Waals surface area (Å²) < 4.78 is 5.42. The average molecular weight is 357 g/mol. The summed E-state index contributed by atoms with van der Waals surface area (Å²) >= 11 is 0. The van der Waals surface area contributed by atoms with Gasteiger partial charge in [-0.2, -0.15) is 0 Å². The normalized spacial score (nSPS) is 11.0. The number of oxazole rings is 1. The molecule has 26 heavy (non-hydrogen) atoms. The van der Waals surface area contributed by atoms with Gasteiger partial charge in [0, 0.05) is 18.7 Å². The van der Waals surface area contributed by atoms with Gasteiger partial charge in [0.25, 0.3) is 11.8 Å². The SMILES string of the molecule is CC(C)CNC(=O)c1coc(CN(CC(C)C)C(=O)c2ccccc2)n1. The molecule has 1 N–H and O–H groups in total. The maximum absolute atomic E-state index is 12.8. The van der Waals surface area contributed by atoms with Crippen molar-refractivity contribution < 1.29 is 14.0 Å². The zero-order valence-corrected chi connectivity index (χ0v) is 15.9. The Balaban J connectivity index is 2.09. The van der Waals surface area contributed by atoms with Crippen molar-refractivity contribution in [2.75, 3.05) is 13.1 Å². The molecule has 1 heterocycles. The van der Waals surface area contributed by atoms with Gasteiger partial charge >= 0.3 is 0 Å². The minimum Gasteiger partial charge on any atom is -0.446 e. The smallest absolute Gasteiger partial charge is 0.273 e. The molecule has 1 aromatic heterocycles. The Labute approximate surface area is 154 Å². The highest BCUT2D eigenvalue weighted by atomic mass is 16.3. The van der Waals surface area contributed by atoms with Gasteiger partial charge in [0.15, 0.2) is 5.69 Å². The van der Waals surface area contributed by atoms with Gasteiger partial charge in [0.2, 0.25) is 5.89 Å². The summed E-state index contributed by atoms with van der Waals surface area (Å²) in [5.41, 5.74) is 0.854. The molecule has 0 bridgehead atoms. The van der Waals surface area contributed by atoms with Crippen LogP contribution in [0.3, 0.4) is 0 Å². The van der Waals surface area contributed by atoms with Crippen LogP contribution in [0, 0.1) is 11.8 Å². The van der Waals surface area contributed by atoms with Crippen molar-refractivity contribution in [3.63, 3.8) is 0 Å². The quantitative estimate of drug-likeness (QED) is 0.786. The van der Waals surface area contributed by atoms with Crippen LogP contribution < -0.4 is 5.32 Å². The summed E-state index contributed by atoms with van der Waals surface area (Å²) in [5.74, 6) is 0.660. The van der Waals surface area contributed by atoms with E-state index in [2.05, 4.69) is 10.3 Å². The molecular weight excluding hydrogens is 330 g/mol. The first-order valence-electron chi connectivity index (χ1n) is 8.93. The Kier molecular flexibility index (Phi) is 6.95. The number of amides is 2. The Hall–Kier alpha value is -2.63. The first-order chi connectivity index (χ1) is 12.4. The molecule has 140 valence electrons. The molecule has 0 saturated heterocycles. The van der Waals surface area contributed by atoms with E-state index < -0.39 is 0 Å². The Morgan fingerprint density at radius 1 is 1.12 bits per heavy atom. The van der Waals surface area contributed by atoms with Crippen molar-refractivity contribution in [2.45, 2.75) is 34.2 Å². The summed E-state index contributed by atoms with van der Waals surface area (Å²) in [6, 6.07) is 9.12. The summed E-state index contributed by atoms with van der Waals surface area (Å²) in [6.07, 6.45) is 1.34. The van der Waals surface area contributed by atoms with Gasteiger partial charge in [-0.15, -0.1) is 0 Å². The molecule has 0 aliphatic heterocycles. The van der Waals surface area contributed by atoms with Crippen LogP contribution in [0.4, 0.5) is 0 Å². The van der Waals surface area contributed by atoms with E-state index in [1.54, 1.807) is 17.0 Å². The molecule has 2 amide bonds. The third-order valence-corrected chi connectivity index (χ3v) is 3.67. The van der Waals surface area contributed by atoms with Crippen LogP contribution in [0.5, 0.6) is 0 Å². The van der Waals surface area contributed by atoms with Gasteiger partial charge in [-0.05, 0) is 24.0 Å². The lowest BCUT2D eigenvalue weighted by molar-refractivity contribution is 0.0706. The lowest BCUT2D eigenvalue weighted by Gasteiger charge is -2.23. The zero-order chi connectivity index (χ0) is 19.1. The molecule has 0 atom stereocenters. The summed E-state index contributed by atoms with van der Waals surface area (Å²) in [7, 11) is 0. The Morgan fingerprint density at radius 3 is 2.42 bits per heavy atom. The highest BCUT2D eigenvalue weighted by Gasteiger charge is 2.20. The topological polar surface area (TPSA) is 75.4 Å². The lowest BCUT2D eigenvalue weighted by atomic mass is 10.1. The predicted octanol–water partition coefficient (Wildman–Crippen LogP) is 3.36. The molecular formula is C20H27N3O3. The predicted molar refractivity (Wildman–Crippen MR) is 99.7 cm³/mol. The van der Waals surface area contributed by atoms with Crippen LogP contribution in [0.2, 0.25) is 0 Å². The van der Waals surface area contributed by atoms with Gasteiger partial charge in [-0.25, -0.2) is 4.98 Å².